The summed E-state index contributed by atoms with van der Waals surface area (Å²) in [4.78, 5) is 62.4. The average Bonchev–Trinajstić information content (AvgIpc) is 3.02. The highest BCUT2D eigenvalue weighted by Gasteiger charge is 2.31. The number of amides is 3. The Labute approximate surface area is 278 Å². The van der Waals surface area contributed by atoms with E-state index < -0.39 is 31.0 Å². The van der Waals surface area contributed by atoms with Gasteiger partial charge in [-0.3, -0.25) is 4.79 Å². The number of hydrogen-bond acceptors (Lipinski definition) is 10. The zero-order valence-corrected chi connectivity index (χ0v) is 27.9. The zero-order valence-electron chi connectivity index (χ0n) is 27.9. The Balaban J connectivity index is 1.08. The van der Waals surface area contributed by atoms with E-state index in [1.54, 1.807) is 6.08 Å². The zero-order chi connectivity index (χ0) is 33.4. The molecule has 0 aromatic rings. The highest BCUT2D eigenvalue weighted by Crippen LogP contribution is 2.37. The lowest BCUT2D eigenvalue weighted by molar-refractivity contribution is -0.149. The van der Waals surface area contributed by atoms with E-state index in [-0.39, 0.29) is 31.0 Å². The standard InChI is InChI=1S/C34H54N4O9/c1-23(40)44-21-45-32(41)36-29-11-4-8-26(18-29)15-27-9-5-13-31(19-27)38-34(43)47-22-46-33(42)37-30-12-3-7-25(17-30)14-24-6-2-10-28(16-24)35-20-39/h24-31H,2-19,21-22H2,1H3,(H,36,41)(H,37,42)(H,38,43). The molecule has 3 amide bonds. The fourth-order valence-electron chi connectivity index (χ4n) is 8.45. The number of esters is 1. The van der Waals surface area contributed by atoms with E-state index >= 15 is 0 Å². The Morgan fingerprint density at radius 3 is 1.36 bits per heavy atom. The molecule has 47 heavy (non-hydrogen) atoms. The molecule has 13 heteroatoms. The molecule has 8 unspecified atom stereocenters. The molecule has 8 atom stereocenters. The van der Waals surface area contributed by atoms with Gasteiger partial charge < -0.3 is 34.9 Å². The largest absolute Gasteiger partial charge is 0.428 e. The molecule has 0 bridgehead atoms. The SMILES string of the molecule is CC(=O)OCOC(=O)NC1CCCC(CC2CCCC(NC(=O)OCOC(=O)NC3CCCC(CC4CCCC(N=C=O)C4)C3)C2)C1. The number of aliphatic imine (C=N–C) groups is 1. The van der Waals surface area contributed by atoms with Gasteiger partial charge in [-0.1, -0.05) is 51.4 Å². The summed E-state index contributed by atoms with van der Waals surface area (Å²) in [6.07, 6.45) is 18.1. The van der Waals surface area contributed by atoms with Gasteiger partial charge >= 0.3 is 24.2 Å². The molecule has 0 heterocycles. The fraction of sp³-hybridized carbons (Fsp3) is 0.853. The van der Waals surface area contributed by atoms with Crippen molar-refractivity contribution in [1.82, 2.24) is 16.0 Å². The third-order valence-corrected chi connectivity index (χ3v) is 10.5. The molecule has 0 aliphatic heterocycles. The van der Waals surface area contributed by atoms with Crippen molar-refractivity contribution in [3.63, 3.8) is 0 Å². The summed E-state index contributed by atoms with van der Waals surface area (Å²) in [7, 11) is 0. The minimum atomic E-state index is -0.583. The Kier molecular flexibility index (Phi) is 15.1. The van der Waals surface area contributed by atoms with Crippen molar-refractivity contribution in [2.24, 2.45) is 28.7 Å². The molecule has 0 aromatic heterocycles. The van der Waals surface area contributed by atoms with Gasteiger partial charge in [0.1, 0.15) is 0 Å². The number of ether oxygens (including phenoxy) is 4. The first kappa shape index (κ1) is 36.5. The van der Waals surface area contributed by atoms with Gasteiger partial charge in [-0.2, -0.15) is 0 Å². The number of carbonyl (C=O) groups excluding carboxylic acids is 5. The molecule has 264 valence electrons. The Hall–Kier alpha value is -3.34. The van der Waals surface area contributed by atoms with Gasteiger partial charge in [0.15, 0.2) is 0 Å². The average molecular weight is 663 g/mol. The number of carbonyl (C=O) groups is 4. The second-order valence-corrected chi connectivity index (χ2v) is 14.2. The minimum absolute atomic E-state index is 0.00713. The van der Waals surface area contributed by atoms with Crippen LogP contribution < -0.4 is 16.0 Å². The van der Waals surface area contributed by atoms with E-state index in [0.717, 1.165) is 109 Å². The molecule has 4 saturated carbocycles. The third kappa shape index (κ3) is 13.7. The molecule has 13 nitrogen and oxygen atoms in total. The lowest BCUT2D eigenvalue weighted by Gasteiger charge is -2.35. The molecular weight excluding hydrogens is 608 g/mol. The van der Waals surface area contributed by atoms with E-state index in [9.17, 15) is 24.0 Å². The maximum Gasteiger partial charge on any atom is 0.410 e. The number of alkyl carbamates (subject to hydrolysis) is 3. The summed E-state index contributed by atoms with van der Waals surface area (Å²) in [6.45, 7) is 0.429. The summed E-state index contributed by atoms with van der Waals surface area (Å²) in [5.41, 5.74) is 0. The van der Waals surface area contributed by atoms with Crippen LogP contribution in [0.25, 0.3) is 0 Å². The molecule has 0 radical (unpaired) electrons. The molecule has 3 N–H and O–H groups in total. The minimum Gasteiger partial charge on any atom is -0.428 e. The second-order valence-electron chi connectivity index (χ2n) is 14.2. The molecule has 0 aromatic carbocycles. The summed E-state index contributed by atoms with van der Waals surface area (Å²) in [6, 6.07) is 0.185. The summed E-state index contributed by atoms with van der Waals surface area (Å²) >= 11 is 0. The first-order chi connectivity index (χ1) is 22.7. The van der Waals surface area contributed by atoms with Crippen LogP contribution in [0.1, 0.15) is 122 Å². The normalized spacial score (nSPS) is 30.8. The van der Waals surface area contributed by atoms with Crippen LogP contribution in [0.2, 0.25) is 0 Å². The van der Waals surface area contributed by atoms with Gasteiger partial charge in [-0.05, 0) is 87.9 Å². The molecule has 4 rings (SSSR count). The molecule has 0 spiro atoms. The molecular formula is C34H54N4O9. The van der Waals surface area contributed by atoms with Crippen LogP contribution in [-0.2, 0) is 28.5 Å². The maximum atomic E-state index is 12.5. The smallest absolute Gasteiger partial charge is 0.410 e. The first-order valence-electron chi connectivity index (χ1n) is 17.8. The van der Waals surface area contributed by atoms with Gasteiger partial charge in [0.05, 0.1) is 6.04 Å². The molecule has 4 aliphatic carbocycles. The predicted molar refractivity (Wildman–Crippen MR) is 171 cm³/mol. The van der Waals surface area contributed by atoms with Gasteiger partial charge in [-0.15, -0.1) is 0 Å². The Morgan fingerprint density at radius 2 is 0.957 bits per heavy atom. The van der Waals surface area contributed by atoms with Crippen molar-refractivity contribution >= 4 is 30.3 Å². The number of isocyanates is 1. The molecule has 0 saturated heterocycles. The monoisotopic (exact) mass is 662 g/mol. The van der Waals surface area contributed by atoms with Crippen molar-refractivity contribution in [2.45, 2.75) is 147 Å². The van der Waals surface area contributed by atoms with Crippen LogP contribution in [0.5, 0.6) is 0 Å². The number of rotatable bonds is 12. The van der Waals surface area contributed by atoms with E-state index in [1.807, 2.05) is 0 Å². The van der Waals surface area contributed by atoms with Crippen molar-refractivity contribution in [2.75, 3.05) is 13.6 Å². The van der Waals surface area contributed by atoms with Crippen molar-refractivity contribution in [1.29, 1.82) is 0 Å². The second kappa shape index (κ2) is 19.5. The first-order valence-corrected chi connectivity index (χ1v) is 17.8. The topological polar surface area (TPSA) is 171 Å². The van der Waals surface area contributed by atoms with Crippen LogP contribution in [0.4, 0.5) is 14.4 Å². The number of nitrogens with zero attached hydrogens (tertiary/aromatic N) is 1. The van der Waals surface area contributed by atoms with Crippen molar-refractivity contribution in [3.8, 4) is 0 Å². The summed E-state index contributed by atoms with van der Waals surface area (Å²) in [5, 5.41) is 8.79. The van der Waals surface area contributed by atoms with Crippen LogP contribution in [-0.4, -0.2) is 68.1 Å². The van der Waals surface area contributed by atoms with E-state index in [2.05, 4.69) is 25.7 Å². The molecule has 4 fully saturated rings. The summed E-state index contributed by atoms with van der Waals surface area (Å²) < 4.78 is 19.9. The van der Waals surface area contributed by atoms with Crippen LogP contribution in [0, 0.1) is 23.7 Å². The fourth-order valence-corrected chi connectivity index (χ4v) is 8.45. The lowest BCUT2D eigenvalue weighted by Crippen LogP contribution is -2.41. The van der Waals surface area contributed by atoms with Crippen molar-refractivity contribution < 1.29 is 42.9 Å². The Bertz CT molecular complexity index is 1080. The van der Waals surface area contributed by atoms with Gasteiger partial charge in [0.25, 0.3) is 0 Å². The van der Waals surface area contributed by atoms with Gasteiger partial charge in [-0.25, -0.2) is 24.2 Å². The maximum absolute atomic E-state index is 12.5. The van der Waals surface area contributed by atoms with Crippen LogP contribution >= 0.6 is 0 Å². The van der Waals surface area contributed by atoms with E-state index in [4.69, 9.17) is 14.2 Å². The van der Waals surface area contributed by atoms with Crippen LogP contribution in [0.15, 0.2) is 4.99 Å². The highest BCUT2D eigenvalue weighted by atomic mass is 16.7. The van der Waals surface area contributed by atoms with E-state index in [1.165, 1.54) is 13.3 Å². The predicted octanol–water partition coefficient (Wildman–Crippen LogP) is 5.99. The third-order valence-electron chi connectivity index (χ3n) is 10.5. The van der Waals surface area contributed by atoms with Gasteiger partial charge in [0.2, 0.25) is 19.7 Å². The van der Waals surface area contributed by atoms with Gasteiger partial charge in [0, 0.05) is 25.0 Å². The number of nitrogens with one attached hydrogen (secondary N) is 3. The molecule has 4 aliphatic rings. The Morgan fingerprint density at radius 1 is 0.574 bits per heavy atom. The summed E-state index contributed by atoms with van der Waals surface area (Å²) in [5.74, 6) is 1.54. The van der Waals surface area contributed by atoms with E-state index in [0.29, 0.717) is 23.7 Å². The lowest BCUT2D eigenvalue weighted by atomic mass is 9.75. The quantitative estimate of drug-likeness (QED) is 0.0982. The van der Waals surface area contributed by atoms with Crippen LogP contribution in [0.3, 0.4) is 0 Å². The highest BCUT2D eigenvalue weighted by molar-refractivity contribution is 5.69. The van der Waals surface area contributed by atoms with Crippen molar-refractivity contribution in [3.05, 3.63) is 0 Å². The number of hydrogen-bond donors (Lipinski definition) is 3.